The quantitative estimate of drug-likeness (QED) is 0.402. The van der Waals surface area contributed by atoms with Crippen molar-refractivity contribution in [2.24, 2.45) is 5.41 Å². The number of amides is 1. The summed E-state index contributed by atoms with van der Waals surface area (Å²) in [5.74, 6) is -2.24. The van der Waals surface area contributed by atoms with E-state index in [4.69, 9.17) is 9.84 Å². The number of ether oxygens (including phenoxy) is 1. The molecule has 4 aliphatic rings. The number of hydrogen-bond acceptors (Lipinski definition) is 8. The van der Waals surface area contributed by atoms with Gasteiger partial charge in [-0.25, -0.2) is 18.3 Å². The summed E-state index contributed by atoms with van der Waals surface area (Å²) in [6.45, 7) is 2.48. The molecule has 2 atom stereocenters. The molecule has 2 saturated heterocycles. The lowest BCUT2D eigenvalue weighted by Crippen LogP contribution is -2.68. The summed E-state index contributed by atoms with van der Waals surface area (Å²) in [5.41, 5.74) is 4.06. The molecule has 1 saturated carbocycles. The third kappa shape index (κ3) is 4.26. The van der Waals surface area contributed by atoms with Gasteiger partial charge in [0.1, 0.15) is 0 Å². The van der Waals surface area contributed by atoms with E-state index in [1.807, 2.05) is 24.1 Å². The third-order valence-corrected chi connectivity index (χ3v) is 9.61. The Morgan fingerprint density at radius 1 is 1.24 bits per heavy atom. The van der Waals surface area contributed by atoms with Crippen LogP contribution in [0.25, 0.3) is 5.65 Å². The zero-order valence-electron chi connectivity index (χ0n) is 23.4. The number of hydrogen-bond donors (Lipinski definition) is 3. The van der Waals surface area contributed by atoms with Crippen LogP contribution < -0.4 is 20.9 Å². The maximum atomic E-state index is 15.1. The number of aromatic nitrogens is 3. The molecule has 1 aliphatic carbocycles. The van der Waals surface area contributed by atoms with Crippen LogP contribution in [0.15, 0.2) is 30.5 Å². The van der Waals surface area contributed by atoms with Crippen LogP contribution in [0, 0.1) is 5.41 Å². The van der Waals surface area contributed by atoms with Gasteiger partial charge in [-0.15, -0.1) is 5.10 Å². The first kappa shape index (κ1) is 26.5. The Hall–Kier alpha value is -3.35. The molecular weight excluding hydrogens is 530 g/mol. The molecule has 7 rings (SSSR count). The summed E-state index contributed by atoms with van der Waals surface area (Å²) in [4.78, 5) is 21.7. The van der Waals surface area contributed by atoms with Crippen molar-refractivity contribution in [1.29, 1.82) is 0 Å². The van der Waals surface area contributed by atoms with Crippen LogP contribution in [0.2, 0.25) is 0 Å². The second-order valence-corrected chi connectivity index (χ2v) is 11.8. The fraction of sp³-hybridized carbons (Fsp3) is 0.552. The molecule has 3 N–H and O–H groups in total. The van der Waals surface area contributed by atoms with Crippen molar-refractivity contribution in [3.63, 3.8) is 0 Å². The van der Waals surface area contributed by atoms with E-state index in [0.717, 1.165) is 41.8 Å². The van der Waals surface area contributed by atoms with Gasteiger partial charge in [-0.2, -0.15) is 0 Å². The van der Waals surface area contributed by atoms with Gasteiger partial charge in [-0.05, 0) is 49.4 Å². The summed E-state index contributed by atoms with van der Waals surface area (Å²) < 4.78 is 37.2. The molecular formula is C29H36F2N8O2. The van der Waals surface area contributed by atoms with E-state index in [1.54, 1.807) is 17.8 Å². The highest BCUT2D eigenvalue weighted by molar-refractivity contribution is 5.94. The molecule has 1 spiro atoms. The maximum absolute atomic E-state index is 15.1. The molecule has 3 aromatic rings. The third-order valence-electron chi connectivity index (χ3n) is 9.61. The van der Waals surface area contributed by atoms with Gasteiger partial charge in [0, 0.05) is 52.1 Å². The number of benzene rings is 1. The average Bonchev–Trinajstić information content (AvgIpc) is 3.54. The van der Waals surface area contributed by atoms with Crippen LogP contribution in [0.3, 0.4) is 0 Å². The molecule has 5 heterocycles. The van der Waals surface area contributed by atoms with Crippen LogP contribution >= 0.6 is 0 Å². The van der Waals surface area contributed by atoms with Gasteiger partial charge >= 0.3 is 0 Å². The van der Waals surface area contributed by atoms with E-state index in [0.29, 0.717) is 56.3 Å². The van der Waals surface area contributed by atoms with Gasteiger partial charge in [0.25, 0.3) is 11.8 Å². The van der Waals surface area contributed by atoms with Gasteiger partial charge in [0.05, 0.1) is 36.0 Å². The predicted octanol–water partition coefficient (Wildman–Crippen LogP) is 2.80. The van der Waals surface area contributed by atoms with Crippen LogP contribution in [0.5, 0.6) is 0 Å². The SMILES string of the molecule is CNc1cc(N2CCc3c(CN4CCC5(CNC5)C(F)(F)C4)cccc32)nn2c(C(=O)N[C@@H]3CC[C@H]3OC)cnc12. The van der Waals surface area contributed by atoms with E-state index in [1.165, 1.54) is 0 Å². The number of carbonyl (C=O) groups excluding carboxylic acids is 1. The lowest BCUT2D eigenvalue weighted by molar-refractivity contribution is -0.189. The van der Waals surface area contributed by atoms with Crippen molar-refractivity contribution in [2.75, 3.05) is 57.1 Å². The Morgan fingerprint density at radius 3 is 2.78 bits per heavy atom. The Morgan fingerprint density at radius 2 is 2.10 bits per heavy atom. The minimum Gasteiger partial charge on any atom is -0.385 e. The lowest BCUT2D eigenvalue weighted by atomic mass is 9.70. The fourth-order valence-electron chi connectivity index (χ4n) is 6.80. The number of anilines is 3. The number of carbonyl (C=O) groups is 1. The maximum Gasteiger partial charge on any atom is 0.271 e. The zero-order valence-corrected chi connectivity index (χ0v) is 23.4. The topological polar surface area (TPSA) is 99.1 Å². The van der Waals surface area contributed by atoms with Crippen LogP contribution in [0.1, 0.15) is 40.9 Å². The average molecular weight is 567 g/mol. The highest BCUT2D eigenvalue weighted by atomic mass is 19.3. The van der Waals surface area contributed by atoms with Crippen LogP contribution in [-0.4, -0.2) is 90.4 Å². The normalized spacial score (nSPS) is 24.6. The molecule has 1 amide bonds. The number of alkyl halides is 2. The summed E-state index contributed by atoms with van der Waals surface area (Å²) in [6, 6.07) is 8.02. The Balaban J connectivity index is 1.15. The zero-order chi connectivity index (χ0) is 28.4. The second kappa shape index (κ2) is 9.88. The number of fused-ring (bicyclic) bond motifs is 2. The monoisotopic (exact) mass is 566 g/mol. The Kier molecular flexibility index (Phi) is 6.40. The minimum absolute atomic E-state index is 0.0235. The molecule has 10 nitrogen and oxygen atoms in total. The van der Waals surface area contributed by atoms with Crippen molar-refractivity contribution in [2.45, 2.75) is 50.3 Å². The summed E-state index contributed by atoms with van der Waals surface area (Å²) >= 11 is 0. The number of imidazole rings is 1. The van der Waals surface area contributed by atoms with Crippen LogP contribution in [0.4, 0.5) is 26.0 Å². The Bertz CT molecular complexity index is 1490. The molecule has 0 unspecified atom stereocenters. The van der Waals surface area contributed by atoms with Crippen LogP contribution in [-0.2, 0) is 17.7 Å². The lowest BCUT2D eigenvalue weighted by Gasteiger charge is -2.53. The summed E-state index contributed by atoms with van der Waals surface area (Å²) in [7, 11) is 3.48. The van der Waals surface area contributed by atoms with Gasteiger partial charge in [0.15, 0.2) is 17.2 Å². The number of nitrogens with one attached hydrogen (secondary N) is 3. The number of rotatable bonds is 7. The minimum atomic E-state index is -2.69. The number of likely N-dealkylation sites (tertiary alicyclic amines) is 1. The van der Waals surface area contributed by atoms with E-state index in [2.05, 4.69) is 38.0 Å². The largest absolute Gasteiger partial charge is 0.385 e. The number of methoxy groups -OCH3 is 1. The van der Waals surface area contributed by atoms with Crippen molar-refractivity contribution in [3.8, 4) is 0 Å². The smallest absolute Gasteiger partial charge is 0.271 e. The molecule has 12 heteroatoms. The summed E-state index contributed by atoms with van der Waals surface area (Å²) in [6.07, 6.45) is 4.68. The van der Waals surface area contributed by atoms with E-state index in [-0.39, 0.29) is 24.6 Å². The highest BCUT2D eigenvalue weighted by Crippen LogP contribution is 2.47. The first-order valence-corrected chi connectivity index (χ1v) is 14.4. The number of halogens is 2. The van der Waals surface area contributed by atoms with E-state index >= 15 is 8.78 Å². The van der Waals surface area contributed by atoms with Gasteiger partial charge < -0.3 is 25.6 Å². The van der Waals surface area contributed by atoms with Crippen molar-refractivity contribution in [3.05, 3.63) is 47.3 Å². The molecule has 0 bridgehead atoms. The first-order valence-electron chi connectivity index (χ1n) is 14.4. The van der Waals surface area contributed by atoms with Crippen molar-refractivity contribution < 1.29 is 18.3 Å². The Labute approximate surface area is 237 Å². The highest BCUT2D eigenvalue weighted by Gasteiger charge is 2.59. The van der Waals surface area contributed by atoms with Gasteiger partial charge in [0.2, 0.25) is 0 Å². The molecule has 41 heavy (non-hydrogen) atoms. The van der Waals surface area contributed by atoms with E-state index < -0.39 is 11.3 Å². The fourth-order valence-corrected chi connectivity index (χ4v) is 6.80. The molecule has 3 aliphatic heterocycles. The molecule has 1 aromatic carbocycles. The van der Waals surface area contributed by atoms with Gasteiger partial charge in [-0.3, -0.25) is 9.69 Å². The van der Waals surface area contributed by atoms with Crippen molar-refractivity contribution >= 4 is 28.7 Å². The molecule has 2 aromatic heterocycles. The van der Waals surface area contributed by atoms with Crippen molar-refractivity contribution in [1.82, 2.24) is 30.1 Å². The summed E-state index contributed by atoms with van der Waals surface area (Å²) in [5, 5.41) is 14.2. The van der Waals surface area contributed by atoms with E-state index in [9.17, 15) is 4.79 Å². The molecule has 218 valence electrons. The predicted molar refractivity (Wildman–Crippen MR) is 151 cm³/mol. The first-order chi connectivity index (χ1) is 19.8. The number of nitrogens with zero attached hydrogens (tertiary/aromatic N) is 5. The standard InChI is InChI=1S/C29H36F2N8O2/c1-32-21-12-25(36-39-23(13-34-26(21)39)27(40)35-20-6-7-24(20)41-2)38-10-8-19-18(4-3-5-22(19)38)14-37-11-9-28(15-33-16-28)29(30,31)17-37/h3-5,12-13,20,24,32-33H,6-11,14-17H2,1-2H3,(H,35,40)/t20-,24-/m1/s1. The molecule has 0 radical (unpaired) electrons. The molecule has 3 fully saturated rings. The van der Waals surface area contributed by atoms with Gasteiger partial charge in [-0.1, -0.05) is 12.1 Å². The number of piperidine rings is 1. The second-order valence-electron chi connectivity index (χ2n) is 11.8.